The van der Waals surface area contributed by atoms with E-state index in [1.807, 2.05) is 6.79 Å². The van der Waals surface area contributed by atoms with Gasteiger partial charge < -0.3 is 19.9 Å². The van der Waals surface area contributed by atoms with E-state index in [4.69, 9.17) is 19.8 Å². The standard InChI is InChI=1S/C16H25N.CH2O2.CH4O.CH2O/c1-13-11-15(2,3)17(16(4,5)12-13)14-9-7-6-8-10-14;2-1-3;2*1-2/h6-10,13H,11-12H2,1-5H3;1H,(H,2,3);2H,1H3;1H2. The normalized spacial score (nSPS) is 17.7. The second kappa shape index (κ2) is 11.6. The zero-order valence-corrected chi connectivity index (χ0v) is 15.8. The Morgan fingerprint density at radius 1 is 1.04 bits per heavy atom. The fourth-order valence-corrected chi connectivity index (χ4v) is 4.06. The monoisotopic (exact) mass is 339 g/mol. The molecule has 0 atom stereocenters. The van der Waals surface area contributed by atoms with Crippen LogP contribution >= 0.6 is 0 Å². The van der Waals surface area contributed by atoms with E-state index in [1.54, 1.807) is 0 Å². The van der Waals surface area contributed by atoms with E-state index in [2.05, 4.69) is 69.9 Å². The number of anilines is 1. The van der Waals surface area contributed by atoms with Gasteiger partial charge in [0.25, 0.3) is 6.47 Å². The van der Waals surface area contributed by atoms with Crippen LogP contribution in [0.2, 0.25) is 0 Å². The van der Waals surface area contributed by atoms with E-state index in [0.29, 0.717) is 0 Å². The van der Waals surface area contributed by atoms with Crippen molar-refractivity contribution in [1.29, 1.82) is 0 Å². The molecule has 1 aromatic rings. The van der Waals surface area contributed by atoms with E-state index in [1.165, 1.54) is 18.5 Å². The van der Waals surface area contributed by atoms with Crippen molar-refractivity contribution in [3.05, 3.63) is 30.3 Å². The molecule has 5 nitrogen and oxygen atoms in total. The van der Waals surface area contributed by atoms with Crippen LogP contribution in [0.5, 0.6) is 0 Å². The van der Waals surface area contributed by atoms with Gasteiger partial charge in [-0.05, 0) is 58.6 Å². The van der Waals surface area contributed by atoms with Crippen molar-refractivity contribution in [2.45, 2.75) is 58.5 Å². The van der Waals surface area contributed by atoms with Gasteiger partial charge in [0.05, 0.1) is 0 Å². The Hall–Kier alpha value is -1.88. The molecule has 0 unspecified atom stereocenters. The second-order valence-electron chi connectivity index (χ2n) is 6.91. The first-order valence-corrected chi connectivity index (χ1v) is 7.91. The van der Waals surface area contributed by atoms with Crippen molar-refractivity contribution in [1.82, 2.24) is 0 Å². The highest BCUT2D eigenvalue weighted by atomic mass is 16.3. The number of para-hydroxylation sites is 1. The van der Waals surface area contributed by atoms with Gasteiger partial charge in [0.15, 0.2) is 0 Å². The van der Waals surface area contributed by atoms with Crippen LogP contribution in [0.15, 0.2) is 30.3 Å². The molecular weight excluding hydrogens is 306 g/mol. The number of rotatable bonds is 1. The number of carboxylic acid groups (broad SMARTS) is 1. The first-order valence-electron chi connectivity index (χ1n) is 7.91. The number of hydrogen-bond donors (Lipinski definition) is 2. The van der Waals surface area contributed by atoms with Crippen molar-refractivity contribution in [2.24, 2.45) is 5.92 Å². The van der Waals surface area contributed by atoms with Crippen molar-refractivity contribution in [3.8, 4) is 0 Å². The molecule has 1 fully saturated rings. The first-order chi connectivity index (χ1) is 11.2. The highest BCUT2D eigenvalue weighted by molar-refractivity contribution is 5.52. The molecule has 0 saturated carbocycles. The smallest absolute Gasteiger partial charge is 0.290 e. The summed E-state index contributed by atoms with van der Waals surface area (Å²) in [5.41, 5.74) is 1.83. The Bertz CT molecular complexity index is 428. The van der Waals surface area contributed by atoms with Crippen LogP contribution in [0.4, 0.5) is 5.69 Å². The number of carbonyl (C=O) groups excluding carboxylic acids is 1. The molecule has 2 rings (SSSR count). The highest BCUT2D eigenvalue weighted by Crippen LogP contribution is 2.43. The van der Waals surface area contributed by atoms with Crippen molar-refractivity contribution >= 4 is 18.9 Å². The predicted molar refractivity (Wildman–Crippen MR) is 99.4 cm³/mol. The molecular formula is C19H33NO4. The zero-order chi connectivity index (χ0) is 19.4. The molecule has 0 aromatic heterocycles. The summed E-state index contributed by atoms with van der Waals surface area (Å²) in [4.78, 5) is 19.0. The molecule has 138 valence electrons. The lowest BCUT2D eigenvalue weighted by Crippen LogP contribution is -2.60. The van der Waals surface area contributed by atoms with Gasteiger partial charge in [-0.25, -0.2) is 0 Å². The fourth-order valence-electron chi connectivity index (χ4n) is 4.06. The van der Waals surface area contributed by atoms with E-state index in [-0.39, 0.29) is 17.6 Å². The Labute approximate surface area is 146 Å². The Morgan fingerprint density at radius 2 is 1.38 bits per heavy atom. The minimum atomic E-state index is -0.250. The van der Waals surface area contributed by atoms with Crippen LogP contribution in [0.25, 0.3) is 0 Å². The predicted octanol–water partition coefficient (Wildman–Crippen LogP) is 3.60. The molecule has 1 aliphatic heterocycles. The van der Waals surface area contributed by atoms with Gasteiger partial charge in [-0.1, -0.05) is 25.1 Å². The fraction of sp³-hybridized carbons (Fsp3) is 0.579. The van der Waals surface area contributed by atoms with Crippen LogP contribution in [0, 0.1) is 5.92 Å². The van der Waals surface area contributed by atoms with Gasteiger partial charge in [0.2, 0.25) is 0 Å². The molecule has 0 bridgehead atoms. The third-order valence-electron chi connectivity index (χ3n) is 3.92. The minimum absolute atomic E-state index is 0.239. The van der Waals surface area contributed by atoms with Crippen molar-refractivity contribution in [2.75, 3.05) is 12.0 Å². The number of nitrogens with zero attached hydrogens (tertiary/aromatic N) is 1. The zero-order valence-electron chi connectivity index (χ0n) is 15.8. The molecule has 0 aliphatic carbocycles. The van der Waals surface area contributed by atoms with Crippen LogP contribution in [0.3, 0.4) is 0 Å². The summed E-state index contributed by atoms with van der Waals surface area (Å²) in [6, 6.07) is 10.8. The molecule has 0 spiro atoms. The van der Waals surface area contributed by atoms with E-state index in [0.717, 1.165) is 13.0 Å². The number of aliphatic hydroxyl groups is 1. The molecule has 0 radical (unpaired) electrons. The summed E-state index contributed by atoms with van der Waals surface area (Å²) >= 11 is 0. The maximum atomic E-state index is 8.36. The van der Waals surface area contributed by atoms with Gasteiger partial charge in [0.1, 0.15) is 6.79 Å². The summed E-state index contributed by atoms with van der Waals surface area (Å²) in [6.07, 6.45) is 2.54. The van der Waals surface area contributed by atoms with Gasteiger partial charge in [-0.15, -0.1) is 0 Å². The molecule has 0 amide bonds. The average molecular weight is 339 g/mol. The SMILES string of the molecule is C=O.CC1CC(C)(C)N(c2ccccc2)C(C)(C)C1.CO.O=CO. The largest absolute Gasteiger partial charge is 0.483 e. The first kappa shape index (κ1) is 24.4. The summed E-state index contributed by atoms with van der Waals surface area (Å²) in [5.74, 6) is 0.806. The molecule has 5 heteroatoms. The van der Waals surface area contributed by atoms with Crippen LogP contribution in [-0.4, -0.2) is 41.7 Å². The van der Waals surface area contributed by atoms with Crippen molar-refractivity contribution in [3.63, 3.8) is 0 Å². The Balaban J connectivity index is 0. The minimum Gasteiger partial charge on any atom is -0.483 e. The number of benzene rings is 1. The van der Waals surface area contributed by atoms with E-state index < -0.39 is 0 Å². The molecule has 1 heterocycles. The third-order valence-corrected chi connectivity index (χ3v) is 3.92. The lowest BCUT2D eigenvalue weighted by Gasteiger charge is -2.56. The number of aliphatic hydroxyl groups excluding tert-OH is 1. The van der Waals surface area contributed by atoms with Crippen LogP contribution < -0.4 is 4.90 Å². The van der Waals surface area contributed by atoms with Crippen LogP contribution in [0.1, 0.15) is 47.5 Å². The Morgan fingerprint density at radius 3 is 1.71 bits per heavy atom. The van der Waals surface area contributed by atoms with Crippen LogP contribution in [-0.2, 0) is 9.59 Å². The maximum absolute atomic E-state index is 8.36. The molecule has 2 N–H and O–H groups in total. The average Bonchev–Trinajstić information content (AvgIpc) is 2.50. The van der Waals surface area contributed by atoms with Gasteiger partial charge >= 0.3 is 0 Å². The molecule has 24 heavy (non-hydrogen) atoms. The lowest BCUT2D eigenvalue weighted by molar-refractivity contribution is -0.122. The van der Waals surface area contributed by atoms with Gasteiger partial charge in [-0.3, -0.25) is 4.79 Å². The summed E-state index contributed by atoms with van der Waals surface area (Å²) in [7, 11) is 1.00. The quantitative estimate of drug-likeness (QED) is 0.764. The van der Waals surface area contributed by atoms with Gasteiger partial charge in [-0.2, -0.15) is 0 Å². The Kier molecular flexibility index (Phi) is 11.8. The summed E-state index contributed by atoms with van der Waals surface area (Å²) in [6.45, 7) is 13.6. The third kappa shape index (κ3) is 7.13. The molecule has 1 aliphatic rings. The number of carbonyl (C=O) groups is 2. The van der Waals surface area contributed by atoms with Crippen molar-refractivity contribution < 1.29 is 19.8 Å². The molecule has 1 aromatic carbocycles. The van der Waals surface area contributed by atoms with Gasteiger partial charge in [0, 0.05) is 23.9 Å². The lowest BCUT2D eigenvalue weighted by atomic mass is 9.74. The van der Waals surface area contributed by atoms with E-state index in [9.17, 15) is 0 Å². The number of hydrogen-bond acceptors (Lipinski definition) is 4. The number of piperidine rings is 1. The maximum Gasteiger partial charge on any atom is 0.290 e. The highest BCUT2D eigenvalue weighted by Gasteiger charge is 2.43. The summed E-state index contributed by atoms with van der Waals surface area (Å²) < 4.78 is 0. The summed E-state index contributed by atoms with van der Waals surface area (Å²) in [5, 5.41) is 13.9. The van der Waals surface area contributed by atoms with E-state index >= 15 is 0 Å². The second-order valence-corrected chi connectivity index (χ2v) is 6.91. The topological polar surface area (TPSA) is 77.8 Å². The molecule has 1 saturated heterocycles.